The Kier molecular flexibility index (Phi) is 6.92. The highest BCUT2D eigenvalue weighted by Crippen LogP contribution is 2.22. The van der Waals surface area contributed by atoms with Gasteiger partial charge in [0.25, 0.3) is 0 Å². The summed E-state index contributed by atoms with van der Waals surface area (Å²) in [6.45, 7) is 6.19. The lowest BCUT2D eigenvalue weighted by Gasteiger charge is -2.18. The molecule has 8 nitrogen and oxygen atoms in total. The summed E-state index contributed by atoms with van der Waals surface area (Å²) in [4.78, 5) is 19.4. The second kappa shape index (κ2) is 9.86. The predicted octanol–water partition coefficient (Wildman–Crippen LogP) is 3.03. The Morgan fingerprint density at radius 1 is 1.12 bits per heavy atom. The number of pyridine rings is 1. The Labute approximate surface area is 194 Å². The molecule has 2 aromatic carbocycles. The molecule has 0 bridgehead atoms. The van der Waals surface area contributed by atoms with Gasteiger partial charge >= 0.3 is 6.03 Å². The Bertz CT molecular complexity index is 1260. The van der Waals surface area contributed by atoms with Gasteiger partial charge in [-0.15, -0.1) is 0 Å². The Hall–Kier alpha value is -3.01. The number of hydrogen-bond donors (Lipinski definition) is 3. The number of nitrogens with zero attached hydrogens (tertiary/aromatic N) is 2. The van der Waals surface area contributed by atoms with E-state index in [2.05, 4.69) is 25.2 Å². The fraction of sp³-hybridized carbons (Fsp3) is 0.333. The van der Waals surface area contributed by atoms with Crippen LogP contribution in [0.4, 0.5) is 10.5 Å². The summed E-state index contributed by atoms with van der Waals surface area (Å²) in [5, 5.41) is 6.69. The minimum atomic E-state index is -3.55. The summed E-state index contributed by atoms with van der Waals surface area (Å²) in [5.74, 6) is 0. The molecule has 174 valence electrons. The van der Waals surface area contributed by atoms with Crippen LogP contribution >= 0.6 is 0 Å². The molecule has 1 fully saturated rings. The number of rotatable bonds is 7. The van der Waals surface area contributed by atoms with Crippen molar-refractivity contribution in [2.45, 2.75) is 31.2 Å². The molecule has 33 heavy (non-hydrogen) atoms. The number of likely N-dealkylation sites (tertiary alicyclic amines) is 1. The maximum Gasteiger partial charge on any atom is 0.319 e. The molecular formula is C24H29N5O3S. The number of carbonyl (C=O) groups excluding carboxylic acids is 1. The van der Waals surface area contributed by atoms with E-state index in [9.17, 15) is 13.2 Å². The smallest absolute Gasteiger partial charge is 0.319 e. The number of benzene rings is 2. The third-order valence-corrected chi connectivity index (χ3v) is 7.46. The fourth-order valence-corrected chi connectivity index (χ4v) is 5.69. The summed E-state index contributed by atoms with van der Waals surface area (Å²) in [5.41, 5.74) is 3.12. The van der Waals surface area contributed by atoms with Crippen LogP contribution in [-0.4, -0.2) is 56.6 Å². The van der Waals surface area contributed by atoms with Gasteiger partial charge in [0.15, 0.2) is 0 Å². The van der Waals surface area contributed by atoms with Gasteiger partial charge in [-0.05, 0) is 50.6 Å². The second-order valence-electron chi connectivity index (χ2n) is 8.38. The van der Waals surface area contributed by atoms with Crippen LogP contribution in [0.25, 0.3) is 10.9 Å². The predicted molar refractivity (Wildman–Crippen MR) is 130 cm³/mol. The van der Waals surface area contributed by atoms with E-state index in [1.165, 1.54) is 0 Å². The SMILES string of the molecule is Cc1cc(NC(=O)NCCN2CCC(NS(=O)(=O)c3ccccc3C)C2)c2ccccc2n1. The zero-order chi connectivity index (χ0) is 23.4. The van der Waals surface area contributed by atoms with Crippen molar-refractivity contribution < 1.29 is 13.2 Å². The van der Waals surface area contributed by atoms with Gasteiger partial charge in [-0.3, -0.25) is 9.88 Å². The number of aromatic nitrogens is 1. The van der Waals surface area contributed by atoms with Crippen LogP contribution in [0.3, 0.4) is 0 Å². The standard InChI is InChI=1S/C24H29N5O3S/c1-17-7-3-6-10-23(17)33(31,32)28-19-11-13-29(16-19)14-12-25-24(30)27-22-15-18(2)26-21-9-5-4-8-20(21)22/h3-10,15,19,28H,11-14,16H2,1-2H3,(H2,25,26,27,30). The van der Waals surface area contributed by atoms with Gasteiger partial charge in [-0.25, -0.2) is 17.9 Å². The molecule has 3 N–H and O–H groups in total. The molecule has 1 aromatic heterocycles. The number of anilines is 1. The summed E-state index contributed by atoms with van der Waals surface area (Å²) in [6.07, 6.45) is 0.736. The van der Waals surface area contributed by atoms with Crippen LogP contribution in [0, 0.1) is 13.8 Å². The molecule has 3 aromatic rings. The van der Waals surface area contributed by atoms with E-state index >= 15 is 0 Å². The van der Waals surface area contributed by atoms with Crippen molar-refractivity contribution in [2.24, 2.45) is 0 Å². The number of para-hydroxylation sites is 1. The molecule has 2 heterocycles. The van der Waals surface area contributed by atoms with Gasteiger partial charge in [-0.2, -0.15) is 0 Å². The van der Waals surface area contributed by atoms with Crippen LogP contribution in [0.2, 0.25) is 0 Å². The van der Waals surface area contributed by atoms with Crippen LogP contribution in [0.5, 0.6) is 0 Å². The van der Waals surface area contributed by atoms with Crippen LogP contribution in [-0.2, 0) is 10.0 Å². The van der Waals surface area contributed by atoms with Crippen LogP contribution in [0.15, 0.2) is 59.5 Å². The fourth-order valence-electron chi connectivity index (χ4n) is 4.18. The molecule has 4 rings (SSSR count). The first-order valence-corrected chi connectivity index (χ1v) is 12.5. The number of nitrogens with one attached hydrogen (secondary N) is 3. The van der Waals surface area contributed by atoms with Gasteiger partial charge in [0.1, 0.15) is 0 Å². The summed E-state index contributed by atoms with van der Waals surface area (Å²) < 4.78 is 28.2. The second-order valence-corrected chi connectivity index (χ2v) is 10.1. The lowest BCUT2D eigenvalue weighted by atomic mass is 10.1. The summed E-state index contributed by atoms with van der Waals surface area (Å²) >= 11 is 0. The molecular weight excluding hydrogens is 438 g/mol. The highest BCUT2D eigenvalue weighted by molar-refractivity contribution is 7.89. The number of sulfonamides is 1. The minimum absolute atomic E-state index is 0.144. The van der Waals surface area contributed by atoms with E-state index in [1.54, 1.807) is 25.1 Å². The van der Waals surface area contributed by atoms with E-state index in [1.807, 2.05) is 43.3 Å². The first-order valence-electron chi connectivity index (χ1n) is 11.0. The number of fused-ring (bicyclic) bond motifs is 1. The molecule has 1 unspecified atom stereocenters. The Balaban J connectivity index is 1.26. The summed E-state index contributed by atoms with van der Waals surface area (Å²) in [7, 11) is -3.55. The largest absolute Gasteiger partial charge is 0.337 e. The average Bonchev–Trinajstić information content (AvgIpc) is 3.20. The third kappa shape index (κ3) is 5.68. The number of amides is 2. The molecule has 1 aliphatic rings. The van der Waals surface area contributed by atoms with Crippen molar-refractivity contribution in [3.05, 3.63) is 65.9 Å². The zero-order valence-corrected chi connectivity index (χ0v) is 19.7. The van der Waals surface area contributed by atoms with Gasteiger partial charge in [0, 0.05) is 36.8 Å². The summed E-state index contributed by atoms with van der Waals surface area (Å²) in [6, 6.07) is 16.1. The van der Waals surface area contributed by atoms with Crippen LogP contribution in [0.1, 0.15) is 17.7 Å². The molecule has 0 spiro atoms. The minimum Gasteiger partial charge on any atom is -0.337 e. The quantitative estimate of drug-likeness (QED) is 0.496. The van der Waals surface area contributed by atoms with Crippen molar-refractivity contribution in [1.29, 1.82) is 0 Å². The number of aryl methyl sites for hydroxylation is 2. The first kappa shape index (κ1) is 23.2. The molecule has 2 amide bonds. The van der Waals surface area contributed by atoms with E-state index in [4.69, 9.17) is 0 Å². The molecule has 0 aliphatic carbocycles. The van der Waals surface area contributed by atoms with Crippen molar-refractivity contribution in [3.63, 3.8) is 0 Å². The van der Waals surface area contributed by atoms with Crippen molar-refractivity contribution >= 4 is 32.6 Å². The van der Waals surface area contributed by atoms with Crippen molar-refractivity contribution in [3.8, 4) is 0 Å². The molecule has 0 radical (unpaired) electrons. The molecule has 0 saturated carbocycles. The van der Waals surface area contributed by atoms with Crippen molar-refractivity contribution in [2.75, 3.05) is 31.5 Å². The topological polar surface area (TPSA) is 103 Å². The lowest BCUT2D eigenvalue weighted by molar-refractivity contribution is 0.249. The molecule has 1 atom stereocenters. The normalized spacial score (nSPS) is 16.7. The first-order chi connectivity index (χ1) is 15.8. The van der Waals surface area contributed by atoms with E-state index in [0.29, 0.717) is 24.5 Å². The maximum absolute atomic E-state index is 12.7. The molecule has 1 saturated heterocycles. The van der Waals surface area contributed by atoms with Gasteiger partial charge in [0.05, 0.1) is 16.1 Å². The highest BCUT2D eigenvalue weighted by Gasteiger charge is 2.27. The number of carbonyl (C=O) groups is 1. The monoisotopic (exact) mass is 467 g/mol. The van der Waals surface area contributed by atoms with Gasteiger partial charge < -0.3 is 10.6 Å². The van der Waals surface area contributed by atoms with Crippen molar-refractivity contribution in [1.82, 2.24) is 19.9 Å². The van der Waals surface area contributed by atoms with E-state index < -0.39 is 10.0 Å². The number of hydrogen-bond acceptors (Lipinski definition) is 5. The maximum atomic E-state index is 12.7. The van der Waals surface area contributed by atoms with E-state index in [-0.39, 0.29) is 12.1 Å². The van der Waals surface area contributed by atoms with E-state index in [0.717, 1.165) is 40.8 Å². The average molecular weight is 468 g/mol. The Morgan fingerprint density at radius 2 is 1.88 bits per heavy atom. The Morgan fingerprint density at radius 3 is 2.70 bits per heavy atom. The number of urea groups is 1. The molecule has 9 heteroatoms. The van der Waals surface area contributed by atoms with Gasteiger partial charge in [-0.1, -0.05) is 36.4 Å². The zero-order valence-electron chi connectivity index (χ0n) is 18.8. The van der Waals surface area contributed by atoms with Gasteiger partial charge in [0.2, 0.25) is 10.0 Å². The third-order valence-electron chi connectivity index (χ3n) is 5.78. The molecule has 1 aliphatic heterocycles. The highest BCUT2D eigenvalue weighted by atomic mass is 32.2. The lowest BCUT2D eigenvalue weighted by Crippen LogP contribution is -2.39. The van der Waals surface area contributed by atoms with Crippen LogP contribution < -0.4 is 15.4 Å².